The Hall–Kier alpha value is -1.54. The van der Waals surface area contributed by atoms with Crippen LogP contribution in [0.1, 0.15) is 0 Å². The summed E-state index contributed by atoms with van der Waals surface area (Å²) >= 11 is 3.09. The van der Waals surface area contributed by atoms with Gasteiger partial charge in [0.15, 0.2) is 0 Å². The Morgan fingerprint density at radius 1 is 1.72 bits per heavy atom. The zero-order valence-electron chi connectivity index (χ0n) is 9.54. The maximum atomic E-state index is 11.0. The molecule has 0 atom stereocenters. The van der Waals surface area contributed by atoms with Gasteiger partial charge in [-0.2, -0.15) is 21.1 Å². The lowest BCUT2D eigenvalue weighted by Crippen LogP contribution is -2.07. The number of hydrogen-bond acceptors (Lipinski definition) is 6. The summed E-state index contributed by atoms with van der Waals surface area (Å²) in [6.45, 7) is 4.27. The number of anilines is 1. The fraction of sp³-hybridized carbons (Fsp3) is 0.300. The maximum absolute atomic E-state index is 11.0. The number of hydrogen-bond donors (Lipinski definition) is 1. The molecule has 0 amide bonds. The summed E-state index contributed by atoms with van der Waals surface area (Å²) in [7, 11) is 0. The molecule has 0 aliphatic carbocycles. The summed E-state index contributed by atoms with van der Waals surface area (Å²) in [6, 6.07) is 0. The summed E-state index contributed by atoms with van der Waals surface area (Å²) in [6.07, 6.45) is 3.49. The zero-order chi connectivity index (χ0) is 13.0. The number of nitro groups is 1. The maximum Gasteiger partial charge on any atom is 0.372 e. The molecule has 0 aromatic carbocycles. The van der Waals surface area contributed by atoms with E-state index in [0.29, 0.717) is 17.3 Å². The molecule has 0 unspecified atom stereocenters. The monoisotopic (exact) mass is 284 g/mol. The van der Waals surface area contributed by atoms with E-state index < -0.39 is 4.92 Å². The SMILES string of the molecule is C=CCSCCNc1nc2sccn2c1[N+](=O)[O-]. The van der Waals surface area contributed by atoms with E-state index in [0.717, 1.165) is 11.5 Å². The van der Waals surface area contributed by atoms with Crippen molar-refractivity contribution in [2.24, 2.45) is 0 Å². The van der Waals surface area contributed by atoms with Crippen LogP contribution in [0, 0.1) is 10.1 Å². The molecule has 96 valence electrons. The second kappa shape index (κ2) is 5.87. The largest absolute Gasteiger partial charge is 0.372 e. The highest BCUT2D eigenvalue weighted by Gasteiger charge is 2.22. The lowest BCUT2D eigenvalue weighted by atomic mass is 10.6. The van der Waals surface area contributed by atoms with Gasteiger partial charge in [-0.05, 0) is 4.92 Å². The molecule has 0 saturated heterocycles. The van der Waals surface area contributed by atoms with Gasteiger partial charge in [0.1, 0.15) is 6.20 Å². The van der Waals surface area contributed by atoms with Crippen molar-refractivity contribution in [1.82, 2.24) is 9.38 Å². The predicted molar refractivity (Wildman–Crippen MR) is 75.7 cm³/mol. The van der Waals surface area contributed by atoms with Gasteiger partial charge in [-0.3, -0.25) is 0 Å². The minimum absolute atomic E-state index is 0.0000271. The van der Waals surface area contributed by atoms with Crippen LogP contribution in [0.2, 0.25) is 0 Å². The second-order valence-electron chi connectivity index (χ2n) is 3.39. The van der Waals surface area contributed by atoms with Crippen molar-refractivity contribution in [2.45, 2.75) is 0 Å². The summed E-state index contributed by atoms with van der Waals surface area (Å²) in [4.78, 5) is 15.4. The van der Waals surface area contributed by atoms with E-state index in [-0.39, 0.29) is 5.82 Å². The van der Waals surface area contributed by atoms with E-state index in [1.807, 2.05) is 6.08 Å². The molecule has 2 heterocycles. The lowest BCUT2D eigenvalue weighted by Gasteiger charge is -2.02. The van der Waals surface area contributed by atoms with Crippen LogP contribution in [-0.2, 0) is 0 Å². The van der Waals surface area contributed by atoms with Gasteiger partial charge in [-0.25, -0.2) is 0 Å². The van der Waals surface area contributed by atoms with Gasteiger partial charge >= 0.3 is 5.82 Å². The number of imidazole rings is 1. The van der Waals surface area contributed by atoms with Crippen molar-refractivity contribution in [3.05, 3.63) is 34.3 Å². The average molecular weight is 284 g/mol. The van der Waals surface area contributed by atoms with Crippen molar-refractivity contribution in [2.75, 3.05) is 23.4 Å². The normalized spacial score (nSPS) is 10.7. The molecule has 0 aliphatic heterocycles. The number of fused-ring (bicyclic) bond motifs is 1. The van der Waals surface area contributed by atoms with Crippen molar-refractivity contribution in [3.63, 3.8) is 0 Å². The number of aromatic nitrogens is 2. The highest BCUT2D eigenvalue weighted by Crippen LogP contribution is 2.27. The van der Waals surface area contributed by atoms with Crippen LogP contribution in [0.4, 0.5) is 11.6 Å². The lowest BCUT2D eigenvalue weighted by molar-refractivity contribution is -0.389. The second-order valence-corrected chi connectivity index (χ2v) is 5.41. The molecule has 0 aliphatic rings. The summed E-state index contributed by atoms with van der Waals surface area (Å²) in [5, 5.41) is 15.8. The topological polar surface area (TPSA) is 72.5 Å². The highest BCUT2D eigenvalue weighted by atomic mass is 32.2. The smallest absolute Gasteiger partial charge is 0.362 e. The minimum Gasteiger partial charge on any atom is -0.362 e. The zero-order valence-corrected chi connectivity index (χ0v) is 11.2. The molecule has 0 radical (unpaired) electrons. The quantitative estimate of drug-likeness (QED) is 0.366. The summed E-state index contributed by atoms with van der Waals surface area (Å²) in [5.41, 5.74) is 0. The standard InChI is InChI=1S/C10H12N4O2S2/c1-2-5-17-6-3-11-8-9(14(15)16)13-4-7-18-10(13)12-8/h2,4,7,11H,1,3,5-6H2. The third-order valence-electron chi connectivity index (χ3n) is 2.18. The summed E-state index contributed by atoms with van der Waals surface area (Å²) < 4.78 is 1.49. The molecule has 6 nitrogen and oxygen atoms in total. The molecule has 2 aromatic heterocycles. The number of thiazole rings is 1. The van der Waals surface area contributed by atoms with Crippen LogP contribution >= 0.6 is 23.1 Å². The molecular formula is C10H12N4O2S2. The first kappa shape index (κ1) is 12.9. The Labute approximate surface area is 112 Å². The van der Waals surface area contributed by atoms with Gasteiger partial charge in [-0.1, -0.05) is 17.4 Å². The predicted octanol–water partition coefficient (Wildman–Crippen LogP) is 2.64. The van der Waals surface area contributed by atoms with Gasteiger partial charge in [0.25, 0.3) is 4.96 Å². The van der Waals surface area contributed by atoms with Crippen molar-refractivity contribution < 1.29 is 4.92 Å². The highest BCUT2D eigenvalue weighted by molar-refractivity contribution is 7.99. The van der Waals surface area contributed by atoms with Crippen LogP contribution in [0.25, 0.3) is 4.96 Å². The number of thioether (sulfide) groups is 1. The van der Waals surface area contributed by atoms with Crippen LogP contribution < -0.4 is 5.32 Å². The molecule has 0 saturated carbocycles. The molecule has 2 aromatic rings. The molecule has 0 bridgehead atoms. The van der Waals surface area contributed by atoms with E-state index in [9.17, 15) is 10.1 Å². The van der Waals surface area contributed by atoms with Crippen LogP contribution in [0.3, 0.4) is 0 Å². The molecule has 2 rings (SSSR count). The Bertz CT molecular complexity index is 563. The van der Waals surface area contributed by atoms with Gasteiger partial charge < -0.3 is 15.4 Å². The van der Waals surface area contributed by atoms with E-state index in [4.69, 9.17) is 0 Å². The molecule has 1 N–H and O–H groups in total. The van der Waals surface area contributed by atoms with E-state index in [2.05, 4.69) is 16.9 Å². The van der Waals surface area contributed by atoms with Crippen molar-refractivity contribution in [1.29, 1.82) is 0 Å². The fourth-order valence-electron chi connectivity index (χ4n) is 1.48. The number of nitrogens with one attached hydrogen (secondary N) is 1. The third-order valence-corrected chi connectivity index (χ3v) is 3.91. The van der Waals surface area contributed by atoms with Gasteiger partial charge in [-0.15, -0.1) is 6.58 Å². The molecular weight excluding hydrogens is 272 g/mol. The van der Waals surface area contributed by atoms with Gasteiger partial charge in [0.2, 0.25) is 5.82 Å². The van der Waals surface area contributed by atoms with Gasteiger partial charge in [0.05, 0.1) is 0 Å². The van der Waals surface area contributed by atoms with Crippen LogP contribution in [0.5, 0.6) is 0 Å². The Morgan fingerprint density at radius 3 is 3.28 bits per heavy atom. The Balaban J connectivity index is 2.07. The summed E-state index contributed by atoms with van der Waals surface area (Å²) in [5.74, 6) is 2.07. The molecule has 8 heteroatoms. The average Bonchev–Trinajstić information content (AvgIpc) is 2.87. The Morgan fingerprint density at radius 2 is 2.56 bits per heavy atom. The molecule has 0 fully saturated rings. The number of nitrogens with zero attached hydrogens (tertiary/aromatic N) is 3. The van der Waals surface area contributed by atoms with Gasteiger partial charge in [0, 0.05) is 23.4 Å². The van der Waals surface area contributed by atoms with E-state index >= 15 is 0 Å². The molecule has 18 heavy (non-hydrogen) atoms. The van der Waals surface area contributed by atoms with Crippen LogP contribution in [-0.4, -0.2) is 32.4 Å². The minimum atomic E-state index is -0.411. The van der Waals surface area contributed by atoms with Crippen molar-refractivity contribution >= 4 is 39.7 Å². The Kier molecular flexibility index (Phi) is 4.21. The first-order valence-electron chi connectivity index (χ1n) is 5.26. The van der Waals surface area contributed by atoms with Crippen molar-refractivity contribution in [3.8, 4) is 0 Å². The first-order chi connectivity index (χ1) is 8.74. The van der Waals surface area contributed by atoms with Crippen LogP contribution in [0.15, 0.2) is 24.2 Å². The molecule has 0 spiro atoms. The third kappa shape index (κ3) is 2.65. The van der Waals surface area contributed by atoms with E-state index in [1.165, 1.54) is 15.7 Å². The van der Waals surface area contributed by atoms with E-state index in [1.54, 1.807) is 23.3 Å². The number of rotatable bonds is 7. The first-order valence-corrected chi connectivity index (χ1v) is 7.30. The fourth-order valence-corrected chi connectivity index (χ4v) is 2.76.